The summed E-state index contributed by atoms with van der Waals surface area (Å²) in [5, 5.41) is 1.41. The van der Waals surface area contributed by atoms with Crippen LogP contribution in [0.5, 0.6) is 0 Å². The third kappa shape index (κ3) is 1.27. The SMILES string of the molecule is C1=c2ccccc2=[As]c2ccccc21. The van der Waals surface area contributed by atoms with Crippen molar-refractivity contribution in [1.82, 2.24) is 0 Å². The molecule has 66 valence electrons. The van der Waals surface area contributed by atoms with Gasteiger partial charge in [-0.25, -0.2) is 0 Å². The number of rotatable bonds is 0. The summed E-state index contributed by atoms with van der Waals surface area (Å²) in [5.74, 6) is 0. The van der Waals surface area contributed by atoms with E-state index >= 15 is 0 Å². The van der Waals surface area contributed by atoms with E-state index in [4.69, 9.17) is 0 Å². The van der Waals surface area contributed by atoms with Crippen LogP contribution in [0.15, 0.2) is 48.5 Å². The standard InChI is InChI=1S/C13H9As/c1-3-7-12-10(5-1)9-11-6-2-4-8-13(11)14-12/h1-9H. The van der Waals surface area contributed by atoms with Crippen molar-refractivity contribution in [2.45, 2.75) is 0 Å². The molecule has 1 aliphatic rings. The van der Waals surface area contributed by atoms with Gasteiger partial charge >= 0.3 is 89.0 Å². The predicted octanol–water partition coefficient (Wildman–Crippen LogP) is 1.11. The Labute approximate surface area is 89.1 Å². The molecular weight excluding hydrogens is 231 g/mol. The Morgan fingerprint density at radius 3 is 2.57 bits per heavy atom. The van der Waals surface area contributed by atoms with Crippen LogP contribution < -0.4 is 9.57 Å². The zero-order valence-electron chi connectivity index (χ0n) is 7.64. The van der Waals surface area contributed by atoms with E-state index < -0.39 is 0 Å². The second-order valence-corrected chi connectivity index (χ2v) is 5.86. The van der Waals surface area contributed by atoms with Crippen molar-refractivity contribution >= 4 is 25.7 Å². The molecule has 0 unspecified atom stereocenters. The van der Waals surface area contributed by atoms with Gasteiger partial charge in [0, 0.05) is 0 Å². The molecule has 0 bridgehead atoms. The summed E-state index contributed by atoms with van der Waals surface area (Å²) in [5.41, 5.74) is 1.41. The van der Waals surface area contributed by atoms with E-state index in [1.165, 1.54) is 19.1 Å². The summed E-state index contributed by atoms with van der Waals surface area (Å²) in [6, 6.07) is 17.4. The third-order valence-corrected chi connectivity index (χ3v) is 5.15. The molecule has 1 heteroatoms. The Balaban J connectivity index is 2.42. The van der Waals surface area contributed by atoms with Gasteiger partial charge in [0.2, 0.25) is 0 Å². The molecule has 0 amide bonds. The molecule has 0 radical (unpaired) electrons. The monoisotopic (exact) mass is 240 g/mol. The Hall–Kier alpha value is -1.13. The normalized spacial score (nSPS) is 13.1. The average molecular weight is 240 g/mol. The Bertz CT molecular complexity index is 543. The molecule has 3 rings (SSSR count). The van der Waals surface area contributed by atoms with Crippen molar-refractivity contribution in [2.75, 3.05) is 0 Å². The van der Waals surface area contributed by atoms with E-state index in [1.807, 2.05) is 0 Å². The van der Waals surface area contributed by atoms with Gasteiger partial charge in [0.1, 0.15) is 0 Å². The molecule has 0 N–H and O–H groups in total. The fourth-order valence-electron chi connectivity index (χ4n) is 1.72. The van der Waals surface area contributed by atoms with Crippen molar-refractivity contribution in [3.8, 4) is 0 Å². The van der Waals surface area contributed by atoms with E-state index in [0.29, 0.717) is 0 Å². The first-order valence-corrected chi connectivity index (χ1v) is 6.56. The number of benzene rings is 2. The van der Waals surface area contributed by atoms with Crippen LogP contribution in [0.25, 0.3) is 6.08 Å². The quantitative estimate of drug-likeness (QED) is 0.516. The molecule has 1 heterocycles. The average Bonchev–Trinajstić information content (AvgIpc) is 2.26. The van der Waals surface area contributed by atoms with Gasteiger partial charge in [-0.15, -0.1) is 0 Å². The minimum atomic E-state index is 0.196. The predicted molar refractivity (Wildman–Crippen MR) is 60.3 cm³/mol. The summed E-state index contributed by atoms with van der Waals surface area (Å²) < 4.78 is 3.06. The molecule has 0 nitrogen and oxygen atoms in total. The first-order chi connectivity index (χ1) is 6.93. The van der Waals surface area contributed by atoms with Crippen molar-refractivity contribution in [3.63, 3.8) is 0 Å². The van der Waals surface area contributed by atoms with Gasteiger partial charge < -0.3 is 0 Å². The van der Waals surface area contributed by atoms with Gasteiger partial charge in [-0.05, 0) is 0 Å². The van der Waals surface area contributed by atoms with Crippen molar-refractivity contribution in [1.29, 1.82) is 0 Å². The van der Waals surface area contributed by atoms with E-state index in [-0.39, 0.29) is 15.3 Å². The van der Waals surface area contributed by atoms with Crippen molar-refractivity contribution in [3.05, 3.63) is 63.3 Å². The second kappa shape index (κ2) is 3.22. The summed E-state index contributed by atoms with van der Waals surface area (Å²) in [7, 11) is 0. The summed E-state index contributed by atoms with van der Waals surface area (Å²) in [6.45, 7) is 0. The van der Waals surface area contributed by atoms with E-state index in [0.717, 1.165) is 0 Å². The Morgan fingerprint density at radius 2 is 1.57 bits per heavy atom. The van der Waals surface area contributed by atoms with Crippen LogP contribution in [0.4, 0.5) is 0 Å². The molecule has 0 fully saturated rings. The van der Waals surface area contributed by atoms with Crippen LogP contribution in [0.2, 0.25) is 0 Å². The molecule has 0 atom stereocenters. The summed E-state index contributed by atoms with van der Waals surface area (Å²) in [6.07, 6.45) is 2.30. The molecule has 0 aromatic heterocycles. The van der Waals surface area contributed by atoms with E-state index in [9.17, 15) is 0 Å². The molecule has 0 aliphatic carbocycles. The van der Waals surface area contributed by atoms with Crippen LogP contribution in [-0.4, -0.2) is 15.3 Å². The number of hydrogen-bond acceptors (Lipinski definition) is 0. The zero-order chi connectivity index (χ0) is 9.38. The zero-order valence-corrected chi connectivity index (χ0v) is 9.52. The molecule has 0 saturated heterocycles. The second-order valence-electron chi connectivity index (χ2n) is 3.37. The van der Waals surface area contributed by atoms with Gasteiger partial charge in [0.15, 0.2) is 0 Å². The fourth-order valence-corrected chi connectivity index (χ4v) is 4.06. The molecule has 2 aromatic carbocycles. The Morgan fingerprint density at radius 1 is 0.786 bits per heavy atom. The van der Waals surface area contributed by atoms with Gasteiger partial charge in [-0.2, -0.15) is 0 Å². The van der Waals surface area contributed by atoms with E-state index in [2.05, 4.69) is 54.6 Å². The van der Waals surface area contributed by atoms with Crippen LogP contribution in [0, 0.1) is 3.95 Å². The van der Waals surface area contributed by atoms with Crippen LogP contribution in [-0.2, 0) is 0 Å². The maximum atomic E-state index is 2.30. The van der Waals surface area contributed by atoms with Gasteiger partial charge in [0.25, 0.3) is 0 Å². The third-order valence-electron chi connectivity index (χ3n) is 2.43. The minimum absolute atomic E-state index is 0.196. The van der Waals surface area contributed by atoms with Gasteiger partial charge in [-0.1, -0.05) is 0 Å². The summed E-state index contributed by atoms with van der Waals surface area (Å²) >= 11 is 0.196. The topological polar surface area (TPSA) is 0 Å². The Kier molecular flexibility index (Phi) is 1.89. The van der Waals surface area contributed by atoms with Gasteiger partial charge in [0.05, 0.1) is 0 Å². The van der Waals surface area contributed by atoms with Crippen LogP contribution in [0.1, 0.15) is 5.56 Å². The number of hydrogen-bond donors (Lipinski definition) is 0. The van der Waals surface area contributed by atoms with Crippen molar-refractivity contribution < 1.29 is 0 Å². The number of fused-ring (bicyclic) bond motifs is 2. The van der Waals surface area contributed by atoms with Crippen LogP contribution in [0.3, 0.4) is 0 Å². The first-order valence-electron chi connectivity index (χ1n) is 4.68. The van der Waals surface area contributed by atoms with Crippen LogP contribution >= 0.6 is 0 Å². The first kappa shape index (κ1) is 8.20. The molecule has 0 saturated carbocycles. The maximum absolute atomic E-state index is 2.30. The summed E-state index contributed by atoms with van der Waals surface area (Å²) in [4.78, 5) is 0. The fraction of sp³-hybridized carbons (Fsp3) is 0. The molecule has 1 aliphatic heterocycles. The van der Waals surface area contributed by atoms with E-state index in [1.54, 1.807) is 0 Å². The molecule has 0 spiro atoms. The molecule has 2 aromatic rings. The van der Waals surface area contributed by atoms with Crippen molar-refractivity contribution in [2.24, 2.45) is 0 Å². The molecule has 14 heavy (non-hydrogen) atoms. The van der Waals surface area contributed by atoms with Gasteiger partial charge in [-0.3, -0.25) is 0 Å². The molecular formula is C13H9As.